The van der Waals surface area contributed by atoms with E-state index in [1.54, 1.807) is 0 Å². The molecule has 1 saturated heterocycles. The number of fused-ring (bicyclic) bond motifs is 1. The Bertz CT molecular complexity index is 960. The summed E-state index contributed by atoms with van der Waals surface area (Å²) in [5, 5.41) is 6.98. The van der Waals surface area contributed by atoms with E-state index < -0.39 is 36.5 Å². The molecule has 6 nitrogen and oxygen atoms in total. The molecule has 0 radical (unpaired) electrons. The molecule has 1 fully saturated rings. The number of rotatable bonds is 2. The van der Waals surface area contributed by atoms with Crippen LogP contribution in [0.3, 0.4) is 0 Å². The highest BCUT2D eigenvalue weighted by molar-refractivity contribution is 6.31. The lowest BCUT2D eigenvalue weighted by molar-refractivity contribution is -0.0675. The van der Waals surface area contributed by atoms with Crippen LogP contribution in [0.5, 0.6) is 0 Å². The molecule has 0 saturated carbocycles. The summed E-state index contributed by atoms with van der Waals surface area (Å²) >= 11 is 5.73. The van der Waals surface area contributed by atoms with Gasteiger partial charge in [0, 0.05) is 36.2 Å². The number of hydrogen-bond donors (Lipinski definition) is 1. The van der Waals surface area contributed by atoms with Crippen molar-refractivity contribution < 1.29 is 18.0 Å². The number of hydrogen-bond acceptors (Lipinski definition) is 4. The predicted octanol–water partition coefficient (Wildman–Crippen LogP) is 3.52. The van der Waals surface area contributed by atoms with E-state index >= 15 is 0 Å². The van der Waals surface area contributed by atoms with Crippen LogP contribution in [0.4, 0.5) is 19.1 Å². The van der Waals surface area contributed by atoms with Crippen LogP contribution in [-0.2, 0) is 0 Å². The zero-order valence-corrected chi connectivity index (χ0v) is 15.6. The van der Waals surface area contributed by atoms with Crippen molar-refractivity contribution in [2.24, 2.45) is 5.92 Å². The van der Waals surface area contributed by atoms with Gasteiger partial charge in [0.1, 0.15) is 12.1 Å². The van der Waals surface area contributed by atoms with Crippen LogP contribution in [0.2, 0.25) is 5.02 Å². The highest BCUT2D eigenvalue weighted by Crippen LogP contribution is 2.38. The maximum absolute atomic E-state index is 14.5. The number of aromatic nitrogens is 3. The lowest BCUT2D eigenvalue weighted by Gasteiger charge is -2.39. The molecule has 0 aliphatic carbocycles. The zero-order chi connectivity index (χ0) is 20.1. The Hall–Kier alpha value is -2.55. The van der Waals surface area contributed by atoms with Gasteiger partial charge in [0.25, 0.3) is 11.8 Å². The molecule has 4 rings (SSSR count). The molecule has 0 spiro atoms. The largest absolute Gasteiger partial charge is 0.348 e. The van der Waals surface area contributed by atoms with E-state index in [-0.39, 0.29) is 23.2 Å². The number of nitrogens with zero attached hydrogens (tertiary/aromatic N) is 4. The second-order valence-corrected chi connectivity index (χ2v) is 7.50. The molecule has 2 aliphatic heterocycles. The molecule has 2 aliphatic rings. The van der Waals surface area contributed by atoms with E-state index in [0.717, 1.165) is 17.0 Å². The Kier molecular flexibility index (Phi) is 4.57. The van der Waals surface area contributed by atoms with Crippen molar-refractivity contribution in [1.29, 1.82) is 0 Å². The Morgan fingerprint density at radius 3 is 2.93 bits per heavy atom. The molecule has 1 aromatic heterocycles. The molecule has 0 bridgehead atoms. The molecular formula is C18H17ClF3N5O. The normalized spacial score (nSPS) is 23.6. The summed E-state index contributed by atoms with van der Waals surface area (Å²) in [6, 6.07) is 3.34. The average Bonchev–Trinajstić information content (AvgIpc) is 3.09. The molecule has 1 aromatic carbocycles. The van der Waals surface area contributed by atoms with Crippen molar-refractivity contribution in [2.45, 2.75) is 25.3 Å². The standard InChI is InChI=1S/C18H17ClF3N5O/c1-10-4-15(27-17(25-10)23-9-24-27)12-6-18(21,22)8-26(7-12)16(28)11-2-3-14(20)13(19)5-11/h2-5,9-10,12H,6-8H2,1H3,(H,23,24,25). The van der Waals surface area contributed by atoms with Gasteiger partial charge in [0.2, 0.25) is 5.95 Å². The van der Waals surface area contributed by atoms with Crippen LogP contribution in [0.1, 0.15) is 23.7 Å². The monoisotopic (exact) mass is 411 g/mol. The number of nitrogens with one attached hydrogen (secondary N) is 1. The van der Waals surface area contributed by atoms with Gasteiger partial charge in [0.05, 0.1) is 11.6 Å². The summed E-state index contributed by atoms with van der Waals surface area (Å²) in [7, 11) is 0. The number of amides is 1. The first kappa shape index (κ1) is 18.8. The number of piperidine rings is 1. The van der Waals surface area contributed by atoms with Gasteiger partial charge in [-0.25, -0.2) is 17.9 Å². The first-order chi connectivity index (χ1) is 13.2. The molecule has 3 heterocycles. The minimum atomic E-state index is -3.07. The first-order valence-corrected chi connectivity index (χ1v) is 9.12. The maximum atomic E-state index is 14.5. The predicted molar refractivity (Wildman–Crippen MR) is 97.7 cm³/mol. The van der Waals surface area contributed by atoms with E-state index in [1.807, 2.05) is 13.0 Å². The van der Waals surface area contributed by atoms with Crippen molar-refractivity contribution in [3.05, 3.63) is 47.0 Å². The van der Waals surface area contributed by atoms with Crippen molar-refractivity contribution in [3.8, 4) is 0 Å². The van der Waals surface area contributed by atoms with Gasteiger partial charge in [-0.15, -0.1) is 0 Å². The number of halogens is 4. The van der Waals surface area contributed by atoms with Gasteiger partial charge in [-0.1, -0.05) is 11.6 Å². The minimum Gasteiger partial charge on any atom is -0.348 e. The fourth-order valence-corrected chi connectivity index (χ4v) is 3.85. The van der Waals surface area contributed by atoms with Gasteiger partial charge in [-0.2, -0.15) is 10.1 Å². The SMILES string of the molecule is CC1C=C(C2CN(C(=O)c3ccc(F)c(Cl)c3)CC(F)(F)C2)n2ncnc2N1. The van der Waals surface area contributed by atoms with E-state index in [4.69, 9.17) is 11.6 Å². The molecule has 28 heavy (non-hydrogen) atoms. The van der Waals surface area contributed by atoms with Crippen LogP contribution in [0.15, 0.2) is 30.6 Å². The second-order valence-electron chi connectivity index (χ2n) is 7.09. The van der Waals surface area contributed by atoms with Crippen LogP contribution < -0.4 is 5.32 Å². The molecule has 2 unspecified atom stereocenters. The topological polar surface area (TPSA) is 63.1 Å². The lowest BCUT2D eigenvalue weighted by atomic mass is 9.90. The second kappa shape index (κ2) is 6.80. The van der Waals surface area contributed by atoms with Gasteiger partial charge in [-0.05, 0) is 31.2 Å². The summed E-state index contributed by atoms with van der Waals surface area (Å²) in [5.41, 5.74) is 0.644. The fourth-order valence-electron chi connectivity index (χ4n) is 3.67. The van der Waals surface area contributed by atoms with Gasteiger partial charge in [-0.3, -0.25) is 4.79 Å². The Morgan fingerprint density at radius 2 is 2.18 bits per heavy atom. The van der Waals surface area contributed by atoms with Crippen molar-refractivity contribution in [3.63, 3.8) is 0 Å². The minimum absolute atomic E-state index is 0.0666. The van der Waals surface area contributed by atoms with Gasteiger partial charge < -0.3 is 10.2 Å². The van der Waals surface area contributed by atoms with Crippen LogP contribution in [-0.4, -0.2) is 50.6 Å². The fraction of sp³-hybridized carbons (Fsp3) is 0.389. The Balaban J connectivity index is 1.64. The van der Waals surface area contributed by atoms with Crippen LogP contribution in [0, 0.1) is 11.7 Å². The molecule has 1 amide bonds. The summed E-state index contributed by atoms with van der Waals surface area (Å²) < 4.78 is 43.9. The number of carbonyl (C=O) groups is 1. The van der Waals surface area contributed by atoms with E-state index in [2.05, 4.69) is 15.4 Å². The van der Waals surface area contributed by atoms with Crippen molar-refractivity contribution in [2.75, 3.05) is 18.4 Å². The summed E-state index contributed by atoms with van der Waals surface area (Å²) in [6.45, 7) is 1.26. The van der Waals surface area contributed by atoms with E-state index in [1.165, 1.54) is 17.1 Å². The van der Waals surface area contributed by atoms with Gasteiger partial charge in [0.15, 0.2) is 0 Å². The van der Waals surface area contributed by atoms with E-state index in [9.17, 15) is 18.0 Å². The zero-order valence-electron chi connectivity index (χ0n) is 14.9. The molecule has 148 valence electrons. The molecule has 2 atom stereocenters. The Morgan fingerprint density at radius 1 is 1.39 bits per heavy atom. The highest BCUT2D eigenvalue weighted by atomic mass is 35.5. The third-order valence-corrected chi connectivity index (χ3v) is 5.14. The average molecular weight is 412 g/mol. The molecular weight excluding hydrogens is 395 g/mol. The van der Waals surface area contributed by atoms with Crippen LogP contribution >= 0.6 is 11.6 Å². The number of carbonyl (C=O) groups excluding carboxylic acids is 1. The smallest absolute Gasteiger partial charge is 0.266 e. The third kappa shape index (κ3) is 3.46. The third-order valence-electron chi connectivity index (χ3n) is 4.85. The molecule has 2 aromatic rings. The highest BCUT2D eigenvalue weighted by Gasteiger charge is 2.44. The maximum Gasteiger partial charge on any atom is 0.266 e. The summed E-state index contributed by atoms with van der Waals surface area (Å²) in [4.78, 5) is 18.0. The first-order valence-electron chi connectivity index (χ1n) is 8.74. The number of benzene rings is 1. The van der Waals surface area contributed by atoms with Crippen molar-refractivity contribution in [1.82, 2.24) is 19.7 Å². The lowest BCUT2D eigenvalue weighted by Crippen LogP contribution is -2.50. The summed E-state index contributed by atoms with van der Waals surface area (Å²) in [5.74, 6) is -4.52. The number of anilines is 1. The number of alkyl halides is 2. The van der Waals surface area contributed by atoms with Crippen molar-refractivity contribution >= 4 is 29.2 Å². The summed E-state index contributed by atoms with van der Waals surface area (Å²) in [6.07, 6.45) is 2.75. The Labute approximate surface area is 164 Å². The van der Waals surface area contributed by atoms with E-state index in [0.29, 0.717) is 11.6 Å². The van der Waals surface area contributed by atoms with Crippen LogP contribution in [0.25, 0.3) is 5.70 Å². The molecule has 10 heteroatoms. The van der Waals surface area contributed by atoms with Gasteiger partial charge >= 0.3 is 0 Å². The number of likely N-dealkylation sites (tertiary alicyclic amines) is 1. The quantitative estimate of drug-likeness (QED) is 0.821. The molecule has 1 N–H and O–H groups in total.